The van der Waals surface area contributed by atoms with Crippen molar-refractivity contribution < 1.29 is 23.5 Å². The smallest absolute Gasteiger partial charge is 0.317 e. The molecule has 3 rings (SSSR count). The van der Waals surface area contributed by atoms with Gasteiger partial charge in [0.05, 0.1) is 20.1 Å². The maximum absolute atomic E-state index is 13.1. The predicted molar refractivity (Wildman–Crippen MR) is 115 cm³/mol. The van der Waals surface area contributed by atoms with Gasteiger partial charge in [-0.05, 0) is 30.7 Å². The molecule has 0 saturated carbocycles. The van der Waals surface area contributed by atoms with Gasteiger partial charge in [-0.1, -0.05) is 24.3 Å². The van der Waals surface area contributed by atoms with Gasteiger partial charge in [-0.2, -0.15) is 0 Å². The maximum Gasteiger partial charge on any atom is 0.317 e. The Kier molecular flexibility index (Phi) is 7.33. The van der Waals surface area contributed by atoms with E-state index in [4.69, 9.17) is 9.47 Å². The summed E-state index contributed by atoms with van der Waals surface area (Å²) in [7, 11) is 3.12. The molecule has 2 unspecified atom stereocenters. The number of likely N-dealkylation sites (tertiary alicyclic amines) is 1. The van der Waals surface area contributed by atoms with Crippen LogP contribution in [0.1, 0.15) is 24.0 Å². The zero-order valence-corrected chi connectivity index (χ0v) is 18.0. The molecule has 0 bridgehead atoms. The molecule has 3 amide bonds. The molecule has 0 spiro atoms. The standard InChI is InChI=1S/C23H28FN3O4/c1-4-25-23(29)27-13-18(17-6-5-7-20(30-2)21(17)31-3)19(14-27)22(28)26-12-15-8-10-16(24)11-9-15/h5-11,18-19H,4,12-14H2,1-3H3,(H,25,29)(H,26,28). The first-order chi connectivity index (χ1) is 15.0. The second kappa shape index (κ2) is 10.1. The number of ether oxygens (including phenoxy) is 2. The third kappa shape index (κ3) is 5.07. The highest BCUT2D eigenvalue weighted by molar-refractivity contribution is 5.83. The van der Waals surface area contributed by atoms with E-state index < -0.39 is 5.92 Å². The van der Waals surface area contributed by atoms with Gasteiger partial charge in [0.2, 0.25) is 5.91 Å². The van der Waals surface area contributed by atoms with Gasteiger partial charge in [0.25, 0.3) is 0 Å². The number of nitrogens with one attached hydrogen (secondary N) is 2. The van der Waals surface area contributed by atoms with Crippen LogP contribution in [0.3, 0.4) is 0 Å². The van der Waals surface area contributed by atoms with Gasteiger partial charge >= 0.3 is 6.03 Å². The lowest BCUT2D eigenvalue weighted by Gasteiger charge is -2.21. The molecule has 1 aliphatic rings. The van der Waals surface area contributed by atoms with Gasteiger partial charge in [-0.3, -0.25) is 4.79 Å². The molecule has 2 aromatic rings. The summed E-state index contributed by atoms with van der Waals surface area (Å²) in [6, 6.07) is 11.3. The van der Waals surface area contributed by atoms with E-state index in [2.05, 4.69) is 10.6 Å². The Bertz CT molecular complexity index is 920. The lowest BCUT2D eigenvalue weighted by molar-refractivity contribution is -0.125. The molecule has 1 heterocycles. The molecule has 2 atom stereocenters. The number of rotatable bonds is 7. The summed E-state index contributed by atoms with van der Waals surface area (Å²) in [5.41, 5.74) is 1.61. The normalized spacial score (nSPS) is 17.9. The maximum atomic E-state index is 13.1. The molecule has 2 N–H and O–H groups in total. The van der Waals surface area contributed by atoms with Crippen LogP contribution >= 0.6 is 0 Å². The van der Waals surface area contributed by atoms with Gasteiger partial charge in [0.1, 0.15) is 5.82 Å². The first kappa shape index (κ1) is 22.4. The fourth-order valence-electron chi connectivity index (χ4n) is 3.94. The van der Waals surface area contributed by atoms with Gasteiger partial charge in [0.15, 0.2) is 11.5 Å². The van der Waals surface area contributed by atoms with E-state index in [0.29, 0.717) is 24.6 Å². The largest absolute Gasteiger partial charge is 0.493 e. The Morgan fingerprint density at radius 3 is 2.45 bits per heavy atom. The summed E-state index contributed by atoms with van der Waals surface area (Å²) in [6.07, 6.45) is 0. The van der Waals surface area contributed by atoms with Crippen LogP contribution < -0.4 is 20.1 Å². The van der Waals surface area contributed by atoms with E-state index in [1.165, 1.54) is 12.1 Å². The molecule has 2 aromatic carbocycles. The summed E-state index contributed by atoms with van der Waals surface area (Å²) in [6.45, 7) is 3.29. The monoisotopic (exact) mass is 429 g/mol. The van der Waals surface area contributed by atoms with Crippen LogP contribution in [0.2, 0.25) is 0 Å². The molecule has 8 heteroatoms. The third-order valence-electron chi connectivity index (χ3n) is 5.48. The van der Waals surface area contributed by atoms with Crippen LogP contribution in [0.15, 0.2) is 42.5 Å². The number of hydrogen-bond donors (Lipinski definition) is 2. The Morgan fingerprint density at radius 2 is 1.81 bits per heavy atom. The Morgan fingerprint density at radius 1 is 1.06 bits per heavy atom. The van der Waals surface area contributed by atoms with Crippen molar-refractivity contribution in [3.8, 4) is 11.5 Å². The summed E-state index contributed by atoms with van der Waals surface area (Å²) in [4.78, 5) is 27.3. The van der Waals surface area contributed by atoms with Crippen molar-refractivity contribution in [3.05, 3.63) is 59.4 Å². The number of para-hydroxylation sites is 1. The van der Waals surface area contributed by atoms with Crippen molar-refractivity contribution in [2.75, 3.05) is 33.9 Å². The number of nitrogens with zero attached hydrogens (tertiary/aromatic N) is 1. The first-order valence-electron chi connectivity index (χ1n) is 10.2. The summed E-state index contributed by atoms with van der Waals surface area (Å²) in [5.74, 6) is -0.101. The number of hydrogen-bond acceptors (Lipinski definition) is 4. The van der Waals surface area contributed by atoms with Crippen LogP contribution in [-0.4, -0.2) is 50.7 Å². The Hall–Kier alpha value is -3.29. The van der Waals surface area contributed by atoms with Crippen molar-refractivity contribution >= 4 is 11.9 Å². The average Bonchev–Trinajstić information content (AvgIpc) is 3.23. The number of urea groups is 1. The van der Waals surface area contributed by atoms with Crippen molar-refractivity contribution in [2.24, 2.45) is 5.92 Å². The van der Waals surface area contributed by atoms with E-state index in [1.807, 2.05) is 19.1 Å². The minimum absolute atomic E-state index is 0.175. The highest BCUT2D eigenvalue weighted by atomic mass is 19.1. The summed E-state index contributed by atoms with van der Waals surface area (Å²) in [5, 5.41) is 5.72. The van der Waals surface area contributed by atoms with Gasteiger partial charge in [-0.15, -0.1) is 0 Å². The quantitative estimate of drug-likeness (QED) is 0.709. The molecule has 166 valence electrons. The SMILES string of the molecule is CCNC(=O)N1CC(C(=O)NCc2ccc(F)cc2)C(c2cccc(OC)c2OC)C1. The molecule has 31 heavy (non-hydrogen) atoms. The Balaban J connectivity index is 1.85. The number of methoxy groups -OCH3 is 2. The Labute approximate surface area is 181 Å². The predicted octanol–water partition coefficient (Wildman–Crippen LogP) is 2.90. The minimum atomic E-state index is -0.468. The molecule has 1 aliphatic heterocycles. The van der Waals surface area contributed by atoms with Gasteiger partial charge in [-0.25, -0.2) is 9.18 Å². The van der Waals surface area contributed by atoms with Crippen molar-refractivity contribution in [1.82, 2.24) is 15.5 Å². The lowest BCUT2D eigenvalue weighted by atomic mass is 9.87. The van der Waals surface area contributed by atoms with Crippen LogP contribution in [-0.2, 0) is 11.3 Å². The van der Waals surface area contributed by atoms with Crippen molar-refractivity contribution in [2.45, 2.75) is 19.4 Å². The second-order valence-corrected chi connectivity index (χ2v) is 7.38. The zero-order valence-electron chi connectivity index (χ0n) is 18.0. The zero-order chi connectivity index (χ0) is 22.4. The topological polar surface area (TPSA) is 79.9 Å². The number of benzene rings is 2. The van der Waals surface area contributed by atoms with E-state index >= 15 is 0 Å². The molecule has 0 aliphatic carbocycles. The fraction of sp³-hybridized carbons (Fsp3) is 0.391. The number of carbonyl (C=O) groups is 2. The summed E-state index contributed by atoms with van der Waals surface area (Å²) >= 11 is 0. The number of amides is 3. The lowest BCUT2D eigenvalue weighted by Crippen LogP contribution is -2.39. The van der Waals surface area contributed by atoms with Crippen LogP contribution in [0.25, 0.3) is 0 Å². The highest BCUT2D eigenvalue weighted by Crippen LogP contribution is 2.41. The second-order valence-electron chi connectivity index (χ2n) is 7.38. The van der Waals surface area contributed by atoms with E-state index in [0.717, 1.165) is 11.1 Å². The van der Waals surface area contributed by atoms with Crippen LogP contribution in [0, 0.1) is 11.7 Å². The highest BCUT2D eigenvalue weighted by Gasteiger charge is 2.41. The minimum Gasteiger partial charge on any atom is -0.493 e. The molecule has 7 nitrogen and oxygen atoms in total. The van der Waals surface area contributed by atoms with Crippen molar-refractivity contribution in [3.63, 3.8) is 0 Å². The van der Waals surface area contributed by atoms with E-state index in [9.17, 15) is 14.0 Å². The van der Waals surface area contributed by atoms with Crippen LogP contribution in [0.4, 0.5) is 9.18 Å². The first-order valence-corrected chi connectivity index (χ1v) is 10.2. The number of carbonyl (C=O) groups excluding carboxylic acids is 2. The molecule has 1 fully saturated rings. The summed E-state index contributed by atoms with van der Waals surface area (Å²) < 4.78 is 24.1. The molecular weight excluding hydrogens is 401 g/mol. The van der Waals surface area contributed by atoms with E-state index in [1.54, 1.807) is 37.3 Å². The van der Waals surface area contributed by atoms with Gasteiger partial charge in [0, 0.05) is 37.7 Å². The van der Waals surface area contributed by atoms with Crippen molar-refractivity contribution in [1.29, 1.82) is 0 Å². The molecule has 0 radical (unpaired) electrons. The average molecular weight is 429 g/mol. The van der Waals surface area contributed by atoms with Crippen LogP contribution in [0.5, 0.6) is 11.5 Å². The van der Waals surface area contributed by atoms with Gasteiger partial charge < -0.3 is 25.0 Å². The third-order valence-corrected chi connectivity index (χ3v) is 5.48. The number of halogens is 1. The molecular formula is C23H28FN3O4. The van der Waals surface area contributed by atoms with E-state index in [-0.39, 0.29) is 36.8 Å². The fourth-order valence-corrected chi connectivity index (χ4v) is 3.94. The molecule has 1 saturated heterocycles. The molecule has 0 aromatic heterocycles.